The summed E-state index contributed by atoms with van der Waals surface area (Å²) in [5.41, 5.74) is 10.9. The molecule has 0 amide bonds. The van der Waals surface area contributed by atoms with E-state index in [1.165, 1.54) is 13.1 Å². The van der Waals surface area contributed by atoms with Crippen LogP contribution in [0.3, 0.4) is 0 Å². The van der Waals surface area contributed by atoms with Gasteiger partial charge in [-0.1, -0.05) is 12.1 Å². The van der Waals surface area contributed by atoms with Gasteiger partial charge in [-0.15, -0.1) is 0 Å². The second-order valence-corrected chi connectivity index (χ2v) is 8.33. The van der Waals surface area contributed by atoms with Gasteiger partial charge in [0.2, 0.25) is 0 Å². The van der Waals surface area contributed by atoms with Crippen molar-refractivity contribution < 1.29 is 9.53 Å². The van der Waals surface area contributed by atoms with Gasteiger partial charge < -0.3 is 10.5 Å². The quantitative estimate of drug-likeness (QED) is 0.373. The molecule has 0 bridgehead atoms. The van der Waals surface area contributed by atoms with Crippen LogP contribution < -0.4 is 5.73 Å². The van der Waals surface area contributed by atoms with Gasteiger partial charge in [0, 0.05) is 25.0 Å². The van der Waals surface area contributed by atoms with Crippen LogP contribution in [0.5, 0.6) is 0 Å². The number of nitrogens with zero attached hydrogens (tertiary/aromatic N) is 8. The van der Waals surface area contributed by atoms with Gasteiger partial charge in [-0.3, -0.25) is 9.36 Å². The first-order valence-corrected chi connectivity index (χ1v) is 11.2. The number of ether oxygens (including phenoxy) is 1. The van der Waals surface area contributed by atoms with Crippen molar-refractivity contribution in [3.63, 3.8) is 0 Å². The number of fused-ring (bicyclic) bond motifs is 1. The van der Waals surface area contributed by atoms with Gasteiger partial charge in [0.15, 0.2) is 17.3 Å². The van der Waals surface area contributed by atoms with E-state index in [9.17, 15) is 4.79 Å². The summed E-state index contributed by atoms with van der Waals surface area (Å²) in [4.78, 5) is 31.2. The lowest BCUT2D eigenvalue weighted by Crippen LogP contribution is -2.04. The molecule has 0 spiro atoms. The zero-order valence-electron chi connectivity index (χ0n) is 18.9. The van der Waals surface area contributed by atoms with Gasteiger partial charge >= 0.3 is 5.97 Å². The topological polar surface area (TPSA) is 140 Å². The van der Waals surface area contributed by atoms with Crippen molar-refractivity contribution in [3.8, 4) is 28.6 Å². The smallest absolute Gasteiger partial charge is 0.302 e. The average Bonchev–Trinajstić information content (AvgIpc) is 3.47. The maximum atomic E-state index is 11.2. The summed E-state index contributed by atoms with van der Waals surface area (Å²) in [6.45, 7) is 1.58. The molecule has 4 heterocycles. The zero-order chi connectivity index (χ0) is 23.9. The zero-order valence-corrected chi connectivity index (χ0v) is 18.9. The fourth-order valence-electron chi connectivity index (χ4n) is 3.83. The molecule has 1 fully saturated rings. The number of esters is 1. The molecule has 35 heavy (non-hydrogen) atoms. The van der Waals surface area contributed by atoms with Crippen LogP contribution in [0.4, 0.5) is 5.82 Å². The standard InChI is InChI=1S/C24H21N9O2/c1-14(34)35-13-15-2-4-16(5-3-15)32-23-19(30-24(32)21-22(25)27-11-10-26-21)9-8-18(29-23)20-12-28-33(31-20)17-6-7-17/h2-5,8-12,17H,6-7,13H2,1H3,(H2,25,27). The summed E-state index contributed by atoms with van der Waals surface area (Å²) in [7, 11) is 0. The number of nitrogens with two attached hydrogens (primary N) is 1. The van der Waals surface area contributed by atoms with Gasteiger partial charge in [0.1, 0.15) is 23.5 Å². The third-order valence-electron chi connectivity index (χ3n) is 5.72. The Hall–Kier alpha value is -4.67. The number of nitrogen functional groups attached to an aromatic ring is 1. The Morgan fingerprint density at radius 3 is 2.60 bits per heavy atom. The van der Waals surface area contributed by atoms with Crippen molar-refractivity contribution in [1.82, 2.24) is 39.5 Å². The summed E-state index contributed by atoms with van der Waals surface area (Å²) in [5, 5.41) is 9.00. The Morgan fingerprint density at radius 1 is 1.06 bits per heavy atom. The molecule has 0 atom stereocenters. The van der Waals surface area contributed by atoms with E-state index in [2.05, 4.69) is 20.2 Å². The first-order chi connectivity index (χ1) is 17.1. The largest absolute Gasteiger partial charge is 0.461 e. The van der Waals surface area contributed by atoms with Crippen molar-refractivity contribution in [2.75, 3.05) is 5.73 Å². The van der Waals surface area contributed by atoms with Crippen LogP contribution in [-0.4, -0.2) is 45.5 Å². The molecule has 4 aromatic heterocycles. The van der Waals surface area contributed by atoms with E-state index in [-0.39, 0.29) is 18.4 Å². The van der Waals surface area contributed by atoms with E-state index < -0.39 is 0 Å². The number of rotatable bonds is 6. The average molecular weight is 467 g/mol. The van der Waals surface area contributed by atoms with Gasteiger partial charge in [-0.2, -0.15) is 15.0 Å². The predicted molar refractivity (Wildman–Crippen MR) is 127 cm³/mol. The van der Waals surface area contributed by atoms with Crippen molar-refractivity contribution in [2.45, 2.75) is 32.4 Å². The summed E-state index contributed by atoms with van der Waals surface area (Å²) < 4.78 is 6.99. The minimum absolute atomic E-state index is 0.198. The second-order valence-electron chi connectivity index (χ2n) is 8.33. The number of pyridine rings is 1. The highest BCUT2D eigenvalue weighted by Gasteiger charge is 2.26. The molecule has 1 saturated carbocycles. The van der Waals surface area contributed by atoms with Crippen LogP contribution in [-0.2, 0) is 16.1 Å². The Morgan fingerprint density at radius 2 is 1.86 bits per heavy atom. The Labute approximate surface area is 199 Å². The molecule has 6 rings (SSSR count). The van der Waals surface area contributed by atoms with Crippen molar-refractivity contribution in [2.24, 2.45) is 0 Å². The monoisotopic (exact) mass is 467 g/mol. The number of carbonyl (C=O) groups excluding carboxylic acids is 1. The fourth-order valence-corrected chi connectivity index (χ4v) is 3.83. The molecule has 1 aliphatic rings. The number of imidazole rings is 1. The number of carbonyl (C=O) groups is 1. The lowest BCUT2D eigenvalue weighted by atomic mass is 10.2. The third-order valence-corrected chi connectivity index (χ3v) is 5.72. The fraction of sp³-hybridized carbons (Fsp3) is 0.208. The lowest BCUT2D eigenvalue weighted by Gasteiger charge is -2.11. The van der Waals surface area contributed by atoms with Gasteiger partial charge in [-0.05, 0) is 42.7 Å². The third kappa shape index (κ3) is 3.97. The van der Waals surface area contributed by atoms with E-state index >= 15 is 0 Å². The number of anilines is 1. The maximum Gasteiger partial charge on any atom is 0.302 e. The molecular weight excluding hydrogens is 446 g/mol. The van der Waals surface area contributed by atoms with E-state index in [4.69, 9.17) is 20.4 Å². The number of hydrogen-bond donors (Lipinski definition) is 1. The molecule has 1 aromatic carbocycles. The Kier molecular flexibility index (Phi) is 4.94. The van der Waals surface area contributed by atoms with Crippen LogP contribution in [0.25, 0.3) is 39.8 Å². The minimum Gasteiger partial charge on any atom is -0.461 e. The van der Waals surface area contributed by atoms with Crippen LogP contribution in [0.2, 0.25) is 0 Å². The van der Waals surface area contributed by atoms with Crippen molar-refractivity contribution >= 4 is 23.0 Å². The molecule has 0 unspecified atom stereocenters. The predicted octanol–water partition coefficient (Wildman–Crippen LogP) is 3.12. The SMILES string of the molecule is CC(=O)OCc1ccc(-n2c(-c3nccnc3N)nc3ccc(-c4cnn(C5CC5)n4)nc32)cc1. The van der Waals surface area contributed by atoms with Crippen LogP contribution in [0.1, 0.15) is 31.4 Å². The van der Waals surface area contributed by atoms with Crippen LogP contribution >= 0.6 is 0 Å². The van der Waals surface area contributed by atoms with E-state index in [0.717, 1.165) is 24.1 Å². The lowest BCUT2D eigenvalue weighted by molar-refractivity contribution is -0.142. The molecule has 11 heteroatoms. The van der Waals surface area contributed by atoms with E-state index in [0.29, 0.717) is 40.1 Å². The van der Waals surface area contributed by atoms with Crippen LogP contribution in [0.15, 0.2) is 55.0 Å². The summed E-state index contributed by atoms with van der Waals surface area (Å²) in [5.74, 6) is 0.457. The molecule has 1 aliphatic carbocycles. The number of benzene rings is 1. The number of aromatic nitrogens is 8. The summed E-state index contributed by atoms with van der Waals surface area (Å²) in [6.07, 6.45) is 7.05. The molecular formula is C24H21N9O2. The maximum absolute atomic E-state index is 11.2. The normalized spacial score (nSPS) is 13.3. The highest BCUT2D eigenvalue weighted by Crippen LogP contribution is 2.34. The molecule has 0 saturated heterocycles. The van der Waals surface area contributed by atoms with Crippen LogP contribution in [0, 0.1) is 0 Å². The minimum atomic E-state index is -0.328. The summed E-state index contributed by atoms with van der Waals surface area (Å²) in [6, 6.07) is 11.8. The van der Waals surface area contributed by atoms with Crippen molar-refractivity contribution in [3.05, 3.63) is 60.6 Å². The first-order valence-electron chi connectivity index (χ1n) is 11.2. The molecule has 0 radical (unpaired) electrons. The van der Waals surface area contributed by atoms with E-state index in [1.54, 1.807) is 17.2 Å². The highest BCUT2D eigenvalue weighted by atomic mass is 16.5. The summed E-state index contributed by atoms with van der Waals surface area (Å²) >= 11 is 0. The Bertz CT molecular complexity index is 1550. The molecule has 174 valence electrons. The Balaban J connectivity index is 1.49. The van der Waals surface area contributed by atoms with Gasteiger partial charge in [-0.25, -0.2) is 19.9 Å². The molecule has 0 aliphatic heterocycles. The highest BCUT2D eigenvalue weighted by molar-refractivity contribution is 5.83. The van der Waals surface area contributed by atoms with Gasteiger partial charge in [0.25, 0.3) is 0 Å². The molecule has 5 aromatic rings. The van der Waals surface area contributed by atoms with Gasteiger partial charge in [0.05, 0.1) is 17.9 Å². The molecule has 11 nitrogen and oxygen atoms in total. The molecule has 2 N–H and O–H groups in total. The van der Waals surface area contributed by atoms with E-state index in [1.807, 2.05) is 41.0 Å². The number of hydrogen-bond acceptors (Lipinski definition) is 9. The second kappa shape index (κ2) is 8.28. The first kappa shape index (κ1) is 20.9. The van der Waals surface area contributed by atoms with Crippen molar-refractivity contribution in [1.29, 1.82) is 0 Å².